The third-order valence-corrected chi connectivity index (χ3v) is 3.63. The molecule has 112 valence electrons. The molecule has 0 heterocycles. The average Bonchev–Trinajstić information content (AvgIpc) is 2.49. The van der Waals surface area contributed by atoms with Crippen molar-refractivity contribution in [3.63, 3.8) is 0 Å². The van der Waals surface area contributed by atoms with Crippen LogP contribution in [-0.2, 0) is 0 Å². The van der Waals surface area contributed by atoms with Crippen LogP contribution in [0, 0.1) is 11.6 Å². The summed E-state index contributed by atoms with van der Waals surface area (Å²) in [5.41, 5.74) is 1.48. The summed E-state index contributed by atoms with van der Waals surface area (Å²) in [6.45, 7) is 0.698. The van der Waals surface area contributed by atoms with Crippen LogP contribution in [-0.4, -0.2) is 20.6 Å². The van der Waals surface area contributed by atoms with E-state index in [4.69, 9.17) is 0 Å². The van der Waals surface area contributed by atoms with Gasteiger partial charge in [-0.3, -0.25) is 0 Å². The number of hydrogen-bond acceptors (Lipinski definition) is 2. The molecule has 2 aromatic carbocycles. The van der Waals surface area contributed by atoms with E-state index in [-0.39, 0.29) is 17.7 Å². The zero-order chi connectivity index (χ0) is 15.2. The molecule has 1 unspecified atom stereocenters. The first-order chi connectivity index (χ1) is 10.1. The van der Waals surface area contributed by atoms with Gasteiger partial charge in [-0.1, -0.05) is 24.3 Å². The Kier molecular flexibility index (Phi) is 5.28. The number of anilines is 1. The topological polar surface area (TPSA) is 15.3 Å². The summed E-state index contributed by atoms with van der Waals surface area (Å²) in [6, 6.07) is 13.2. The van der Waals surface area contributed by atoms with E-state index in [1.807, 2.05) is 31.1 Å². The number of hydrogen-bond donors (Lipinski definition) is 1. The highest BCUT2D eigenvalue weighted by molar-refractivity contribution is 5.45. The van der Waals surface area contributed by atoms with Crippen LogP contribution in [0.4, 0.5) is 14.5 Å². The predicted octanol–water partition coefficient (Wildman–Crippen LogP) is 3.75. The van der Waals surface area contributed by atoms with E-state index in [2.05, 4.69) is 5.32 Å². The van der Waals surface area contributed by atoms with Gasteiger partial charge in [0.05, 0.1) is 0 Å². The van der Waals surface area contributed by atoms with Crippen LogP contribution in [0.25, 0.3) is 0 Å². The van der Waals surface area contributed by atoms with Gasteiger partial charge in [0.2, 0.25) is 0 Å². The molecule has 0 aliphatic rings. The van der Waals surface area contributed by atoms with Gasteiger partial charge >= 0.3 is 0 Å². The zero-order valence-electron chi connectivity index (χ0n) is 12.3. The van der Waals surface area contributed by atoms with Gasteiger partial charge in [-0.25, -0.2) is 8.78 Å². The van der Waals surface area contributed by atoms with E-state index in [0.29, 0.717) is 12.1 Å². The van der Waals surface area contributed by atoms with Crippen LogP contribution in [0.2, 0.25) is 0 Å². The second-order valence-electron chi connectivity index (χ2n) is 5.05. The minimum atomic E-state index is -0.251. The first-order valence-corrected chi connectivity index (χ1v) is 7.00. The van der Waals surface area contributed by atoms with Crippen molar-refractivity contribution < 1.29 is 8.78 Å². The first kappa shape index (κ1) is 15.4. The van der Waals surface area contributed by atoms with E-state index >= 15 is 0 Å². The lowest BCUT2D eigenvalue weighted by Gasteiger charge is -2.23. The van der Waals surface area contributed by atoms with Crippen molar-refractivity contribution in [2.24, 2.45) is 0 Å². The molecule has 0 aliphatic carbocycles. The molecule has 0 aromatic heterocycles. The van der Waals surface area contributed by atoms with Crippen molar-refractivity contribution in [3.8, 4) is 0 Å². The lowest BCUT2D eigenvalue weighted by atomic mass is 10.0. The molecule has 2 aromatic rings. The second-order valence-corrected chi connectivity index (χ2v) is 5.05. The number of benzene rings is 2. The highest BCUT2D eigenvalue weighted by Gasteiger charge is 2.14. The number of halogens is 2. The maximum absolute atomic E-state index is 13.8. The molecule has 0 saturated carbocycles. The van der Waals surface area contributed by atoms with E-state index in [0.717, 1.165) is 12.1 Å². The fraction of sp³-hybridized carbons (Fsp3) is 0.294. The highest BCUT2D eigenvalue weighted by Crippen LogP contribution is 2.21. The van der Waals surface area contributed by atoms with Crippen LogP contribution in [0.1, 0.15) is 18.0 Å². The van der Waals surface area contributed by atoms with Crippen LogP contribution < -0.4 is 10.2 Å². The molecule has 0 radical (unpaired) electrons. The van der Waals surface area contributed by atoms with E-state index in [1.165, 1.54) is 18.2 Å². The van der Waals surface area contributed by atoms with Gasteiger partial charge in [0.15, 0.2) is 0 Å². The molecule has 0 fully saturated rings. The predicted molar refractivity (Wildman–Crippen MR) is 82.5 cm³/mol. The normalized spacial score (nSPS) is 12.2. The second kappa shape index (κ2) is 7.18. The fourth-order valence-corrected chi connectivity index (χ4v) is 2.38. The molecule has 0 amide bonds. The molecular weight excluding hydrogens is 270 g/mol. The molecule has 0 bridgehead atoms. The number of nitrogens with zero attached hydrogens (tertiary/aromatic N) is 1. The van der Waals surface area contributed by atoms with Gasteiger partial charge in [-0.15, -0.1) is 0 Å². The molecule has 0 saturated heterocycles. The molecule has 1 atom stereocenters. The van der Waals surface area contributed by atoms with Crippen LogP contribution >= 0.6 is 0 Å². The van der Waals surface area contributed by atoms with Gasteiger partial charge in [0.1, 0.15) is 11.6 Å². The third-order valence-electron chi connectivity index (χ3n) is 3.63. The fourth-order valence-electron chi connectivity index (χ4n) is 2.38. The lowest BCUT2D eigenvalue weighted by molar-refractivity contribution is 0.509. The Morgan fingerprint density at radius 2 is 1.86 bits per heavy atom. The SMILES string of the molecule is CNC(CCN(C)c1cccc(F)c1)c1ccccc1F. The Bertz CT molecular complexity index is 587. The standard InChI is InChI=1S/C17H20F2N2/c1-20-17(15-8-3-4-9-16(15)19)10-11-21(2)14-7-5-6-13(18)12-14/h3-9,12,17,20H,10-11H2,1-2H3. The molecular formula is C17H20F2N2. The summed E-state index contributed by atoms with van der Waals surface area (Å²) in [5.74, 6) is -0.455. The van der Waals surface area contributed by atoms with Crippen LogP contribution in [0.3, 0.4) is 0 Å². The summed E-state index contributed by atoms with van der Waals surface area (Å²) in [6.07, 6.45) is 0.727. The number of rotatable bonds is 6. The highest BCUT2D eigenvalue weighted by atomic mass is 19.1. The lowest BCUT2D eigenvalue weighted by Crippen LogP contribution is -2.25. The maximum atomic E-state index is 13.8. The Balaban J connectivity index is 2.02. The van der Waals surface area contributed by atoms with E-state index in [1.54, 1.807) is 18.2 Å². The van der Waals surface area contributed by atoms with E-state index < -0.39 is 0 Å². The Hall–Kier alpha value is -1.94. The van der Waals surface area contributed by atoms with Crippen molar-refractivity contribution >= 4 is 5.69 Å². The molecule has 2 rings (SSSR count). The van der Waals surface area contributed by atoms with Gasteiger partial charge in [-0.05, 0) is 37.7 Å². The van der Waals surface area contributed by atoms with Crippen molar-refractivity contribution in [1.29, 1.82) is 0 Å². The molecule has 4 heteroatoms. The van der Waals surface area contributed by atoms with Gasteiger partial charge in [0.25, 0.3) is 0 Å². The summed E-state index contributed by atoms with van der Waals surface area (Å²) in [5, 5.41) is 3.14. The molecule has 21 heavy (non-hydrogen) atoms. The minimum Gasteiger partial charge on any atom is -0.374 e. The van der Waals surface area contributed by atoms with E-state index in [9.17, 15) is 8.78 Å². The quantitative estimate of drug-likeness (QED) is 0.871. The average molecular weight is 290 g/mol. The summed E-state index contributed by atoms with van der Waals surface area (Å²) < 4.78 is 27.0. The first-order valence-electron chi connectivity index (χ1n) is 7.00. The molecule has 2 nitrogen and oxygen atoms in total. The summed E-state index contributed by atoms with van der Waals surface area (Å²) in [7, 11) is 3.72. The van der Waals surface area contributed by atoms with Gasteiger partial charge in [-0.2, -0.15) is 0 Å². The third kappa shape index (κ3) is 4.02. The minimum absolute atomic E-state index is 0.0674. The van der Waals surface area contributed by atoms with Gasteiger partial charge < -0.3 is 10.2 Å². The van der Waals surface area contributed by atoms with Gasteiger partial charge in [0, 0.05) is 30.9 Å². The van der Waals surface area contributed by atoms with Crippen LogP contribution in [0.5, 0.6) is 0 Å². The largest absolute Gasteiger partial charge is 0.374 e. The smallest absolute Gasteiger partial charge is 0.127 e. The molecule has 0 aliphatic heterocycles. The van der Waals surface area contributed by atoms with Crippen LogP contribution in [0.15, 0.2) is 48.5 Å². The Morgan fingerprint density at radius 1 is 1.10 bits per heavy atom. The van der Waals surface area contributed by atoms with Crippen molar-refractivity contribution in [1.82, 2.24) is 5.32 Å². The zero-order valence-corrected chi connectivity index (χ0v) is 12.3. The monoisotopic (exact) mass is 290 g/mol. The Labute approximate surface area is 124 Å². The molecule has 1 N–H and O–H groups in total. The summed E-state index contributed by atoms with van der Waals surface area (Å²) >= 11 is 0. The molecule has 0 spiro atoms. The van der Waals surface area contributed by atoms with Crippen molar-refractivity contribution in [3.05, 3.63) is 65.7 Å². The Morgan fingerprint density at radius 3 is 2.52 bits per heavy atom. The maximum Gasteiger partial charge on any atom is 0.127 e. The number of nitrogens with one attached hydrogen (secondary N) is 1. The summed E-state index contributed by atoms with van der Waals surface area (Å²) in [4.78, 5) is 1.97. The van der Waals surface area contributed by atoms with Crippen molar-refractivity contribution in [2.75, 3.05) is 25.5 Å². The van der Waals surface area contributed by atoms with Crippen molar-refractivity contribution in [2.45, 2.75) is 12.5 Å².